The molecule has 0 spiro atoms. The zero-order valence-corrected chi connectivity index (χ0v) is 25.0. The molecule has 0 saturated carbocycles. The van der Waals surface area contributed by atoms with Crippen molar-refractivity contribution in [3.05, 3.63) is 6.92 Å². The van der Waals surface area contributed by atoms with Crippen LogP contribution < -0.4 is 58.2 Å². The number of hydrogen-bond donors (Lipinski definition) is 0. The molecule has 6 heteroatoms. The molecule has 0 aromatic rings. The van der Waals surface area contributed by atoms with E-state index in [0.29, 0.717) is 38.5 Å². The van der Waals surface area contributed by atoms with Crippen LogP contribution in [0.3, 0.4) is 0 Å². The Morgan fingerprint density at radius 3 is 2.07 bits per heavy atom. The molecule has 0 aromatic carbocycles. The normalized spacial score (nSPS) is 11.9. The van der Waals surface area contributed by atoms with E-state index >= 15 is 0 Å². The molecule has 0 bridgehead atoms. The maximum Gasteiger partial charge on any atom is 1.00 e. The molecule has 0 radical (unpaired) electrons. The summed E-state index contributed by atoms with van der Waals surface area (Å²) in [6, 6.07) is 0. The van der Waals surface area contributed by atoms with Crippen LogP contribution >= 0.6 is 0 Å². The summed E-state index contributed by atoms with van der Waals surface area (Å²) in [5.41, 5.74) is -0.512. The van der Waals surface area contributed by atoms with E-state index in [1.807, 2.05) is 32.8 Å². The molecular formula is C22H43N2O3Rb. The first kappa shape index (κ1) is 30.9. The fraction of sp³-hybridized carbons (Fsp3) is 0.864. The van der Waals surface area contributed by atoms with Crippen molar-refractivity contribution >= 4 is 11.8 Å². The number of carbonyl (C=O) groups is 2. The van der Waals surface area contributed by atoms with Crippen molar-refractivity contribution in [1.29, 1.82) is 0 Å². The van der Waals surface area contributed by atoms with Crippen molar-refractivity contribution in [1.82, 2.24) is 9.80 Å². The van der Waals surface area contributed by atoms with Gasteiger partial charge < -0.3 is 21.5 Å². The molecule has 0 saturated heterocycles. The molecule has 2 amide bonds. The van der Waals surface area contributed by atoms with Crippen LogP contribution in [-0.2, 0) is 14.3 Å². The van der Waals surface area contributed by atoms with Crippen LogP contribution in [0.15, 0.2) is 0 Å². The maximum absolute atomic E-state index is 12.2. The Morgan fingerprint density at radius 2 is 1.57 bits per heavy atom. The fourth-order valence-corrected chi connectivity index (χ4v) is 2.83. The third-order valence-electron chi connectivity index (χ3n) is 4.90. The number of nitrogens with zero attached hydrogens (tertiary/aromatic N) is 2. The van der Waals surface area contributed by atoms with Crippen molar-refractivity contribution < 1.29 is 72.5 Å². The third-order valence-corrected chi connectivity index (χ3v) is 4.90. The number of carbonyl (C=O) groups excluding carboxylic acids is 2. The molecular weight excluding hydrogens is 426 g/mol. The van der Waals surface area contributed by atoms with Gasteiger partial charge in [-0.2, -0.15) is 6.42 Å². The quantitative estimate of drug-likeness (QED) is 0.381. The molecule has 0 N–H and O–H groups in total. The molecule has 0 unspecified atom stereocenters. The van der Waals surface area contributed by atoms with Crippen molar-refractivity contribution in [2.75, 3.05) is 33.9 Å². The van der Waals surface area contributed by atoms with E-state index in [-0.39, 0.29) is 81.0 Å². The van der Waals surface area contributed by atoms with Crippen molar-refractivity contribution in [3.63, 3.8) is 0 Å². The van der Waals surface area contributed by atoms with Gasteiger partial charge in [-0.3, -0.25) is 9.59 Å². The number of hydrogen-bond acceptors (Lipinski definition) is 3. The minimum absolute atomic E-state index is 0. The molecule has 0 aliphatic rings. The predicted molar refractivity (Wildman–Crippen MR) is 112 cm³/mol. The van der Waals surface area contributed by atoms with E-state index in [9.17, 15) is 9.59 Å². The van der Waals surface area contributed by atoms with E-state index in [1.165, 1.54) is 0 Å². The van der Waals surface area contributed by atoms with E-state index in [0.717, 1.165) is 19.3 Å². The van der Waals surface area contributed by atoms with Crippen LogP contribution in [0.4, 0.5) is 0 Å². The minimum Gasteiger partial charge on any atom is -0.378 e. The summed E-state index contributed by atoms with van der Waals surface area (Å²) < 4.78 is 5.97. The first-order chi connectivity index (χ1) is 12.3. The van der Waals surface area contributed by atoms with Gasteiger partial charge in [0.15, 0.2) is 0 Å². The van der Waals surface area contributed by atoms with Crippen LogP contribution in [0.2, 0.25) is 0 Å². The summed E-state index contributed by atoms with van der Waals surface area (Å²) in [7, 11) is 3.70. The van der Waals surface area contributed by atoms with Gasteiger partial charge in [0, 0.05) is 38.9 Å². The summed E-state index contributed by atoms with van der Waals surface area (Å²) in [5.74, 6) is 0.851. The third kappa shape index (κ3) is 13.1. The first-order valence-electron chi connectivity index (χ1n) is 10.2. The molecule has 28 heavy (non-hydrogen) atoms. The van der Waals surface area contributed by atoms with Gasteiger partial charge in [-0.15, -0.1) is 0 Å². The molecule has 0 rings (SSSR count). The molecule has 0 fully saturated rings. The van der Waals surface area contributed by atoms with E-state index in [1.54, 1.807) is 4.90 Å². The van der Waals surface area contributed by atoms with Crippen molar-refractivity contribution in [2.24, 2.45) is 11.3 Å². The molecule has 160 valence electrons. The van der Waals surface area contributed by atoms with E-state index < -0.39 is 0 Å². The molecule has 0 atom stereocenters. The van der Waals surface area contributed by atoms with Gasteiger partial charge in [0.2, 0.25) is 11.8 Å². The zero-order chi connectivity index (χ0) is 21.3. The Labute approximate surface area is 223 Å². The molecule has 0 aromatic heterocycles. The van der Waals surface area contributed by atoms with E-state index in [2.05, 4.69) is 34.6 Å². The first-order valence-corrected chi connectivity index (χ1v) is 10.2. The second-order valence-electron chi connectivity index (χ2n) is 9.56. The Balaban J connectivity index is 0. The van der Waals surface area contributed by atoms with Gasteiger partial charge in [-0.05, 0) is 26.2 Å². The van der Waals surface area contributed by atoms with Crippen LogP contribution in [-0.4, -0.2) is 61.0 Å². The minimum atomic E-state index is -0.368. The number of ether oxygens (including phenoxy) is 1. The molecule has 5 nitrogen and oxygen atoms in total. The number of unbranched alkanes of at least 4 members (excludes halogenated alkanes) is 1. The van der Waals surface area contributed by atoms with Gasteiger partial charge in [0.05, 0.1) is 18.8 Å². The Hall–Kier alpha value is 0.705. The summed E-state index contributed by atoms with van der Waals surface area (Å²) in [5, 5.41) is 0. The number of rotatable bonds is 13. The zero-order valence-electron chi connectivity index (χ0n) is 20.1. The van der Waals surface area contributed by atoms with Gasteiger partial charge in [-0.1, -0.05) is 34.1 Å². The van der Waals surface area contributed by atoms with Gasteiger partial charge >= 0.3 is 58.2 Å². The van der Waals surface area contributed by atoms with Gasteiger partial charge in [0.1, 0.15) is 0 Å². The van der Waals surface area contributed by atoms with Crippen LogP contribution in [0.1, 0.15) is 73.6 Å². The Bertz CT molecular complexity index is 465. The second-order valence-corrected chi connectivity index (χ2v) is 9.56. The second kappa shape index (κ2) is 14.7. The largest absolute Gasteiger partial charge is 1.00 e. The molecule has 0 aliphatic carbocycles. The topological polar surface area (TPSA) is 49.9 Å². The van der Waals surface area contributed by atoms with Crippen LogP contribution in [0.25, 0.3) is 0 Å². The monoisotopic (exact) mass is 468 g/mol. The summed E-state index contributed by atoms with van der Waals surface area (Å²) in [6.45, 7) is 18.0. The summed E-state index contributed by atoms with van der Waals surface area (Å²) in [6.07, 6.45) is 3.62. The summed E-state index contributed by atoms with van der Waals surface area (Å²) in [4.78, 5) is 28.1. The Kier molecular flexibility index (Phi) is 16.2. The van der Waals surface area contributed by atoms with E-state index in [4.69, 9.17) is 4.74 Å². The smallest absolute Gasteiger partial charge is 0.378 e. The number of likely N-dealkylation sites (N-methyl/N-ethyl adjacent to an activating group) is 1. The average molecular weight is 469 g/mol. The fourth-order valence-electron chi connectivity index (χ4n) is 2.83. The standard InChI is InChI=1S/C22H43N2O3.Rb/c1-10-11-12-20(26)24(9)22(6,7)17-27-16-21(4,5)15-23(8)19(25)14-13-18(2)3;/h18H,1,10-17H2,2-9H3;/q-1;+1. The SMILES string of the molecule is [CH2-]CCCC(=O)N(C)C(C)(C)COCC(C)(C)CN(C)C(=O)CCC(C)C.[Rb+]. The van der Waals surface area contributed by atoms with Gasteiger partial charge in [-0.25, -0.2) is 0 Å². The molecule has 0 heterocycles. The maximum atomic E-state index is 12.2. The van der Waals surface area contributed by atoms with Crippen molar-refractivity contribution in [3.8, 4) is 0 Å². The molecule has 0 aliphatic heterocycles. The van der Waals surface area contributed by atoms with Gasteiger partial charge in [0.25, 0.3) is 0 Å². The number of amides is 2. The van der Waals surface area contributed by atoms with Crippen LogP contribution in [0.5, 0.6) is 0 Å². The van der Waals surface area contributed by atoms with Crippen molar-refractivity contribution in [2.45, 2.75) is 79.2 Å². The summed E-state index contributed by atoms with van der Waals surface area (Å²) >= 11 is 0. The van der Waals surface area contributed by atoms with Crippen LogP contribution in [0, 0.1) is 18.3 Å². The average Bonchev–Trinajstić information content (AvgIpc) is 2.55. The Morgan fingerprint density at radius 1 is 1.00 bits per heavy atom. The predicted octanol–water partition coefficient (Wildman–Crippen LogP) is 1.17.